The molecule has 0 aliphatic carbocycles. The molecule has 3 aromatic rings. The molecule has 0 amide bonds. The Hall–Kier alpha value is -3.75. The van der Waals surface area contributed by atoms with Gasteiger partial charge in [-0.1, -0.05) is 0 Å². The lowest BCUT2D eigenvalue weighted by molar-refractivity contribution is 0.322. The summed E-state index contributed by atoms with van der Waals surface area (Å²) in [5, 5.41) is 20.6. The third kappa shape index (κ3) is 3.00. The zero-order valence-corrected chi connectivity index (χ0v) is 16.5. The van der Waals surface area contributed by atoms with Crippen molar-refractivity contribution in [2.75, 3.05) is 35.5 Å². The van der Waals surface area contributed by atoms with Gasteiger partial charge in [0.1, 0.15) is 5.39 Å². The topological polar surface area (TPSA) is 117 Å². The van der Waals surface area contributed by atoms with E-state index in [1.807, 2.05) is 0 Å². The molecule has 0 saturated heterocycles. The van der Waals surface area contributed by atoms with Gasteiger partial charge in [0.25, 0.3) is 0 Å². The van der Waals surface area contributed by atoms with Gasteiger partial charge in [-0.25, -0.2) is 0 Å². The van der Waals surface area contributed by atoms with E-state index in [2.05, 4.69) is 0 Å². The summed E-state index contributed by atoms with van der Waals surface area (Å²) in [7, 11) is 6.79. The van der Waals surface area contributed by atoms with Crippen LogP contribution < -0.4 is 29.1 Å². The second kappa shape index (κ2) is 7.70. The van der Waals surface area contributed by atoms with Crippen LogP contribution in [0.2, 0.25) is 0 Å². The quantitative estimate of drug-likeness (QED) is 0.639. The van der Waals surface area contributed by atoms with Gasteiger partial charge in [-0.05, 0) is 18.2 Å². The molecule has 0 radical (unpaired) electrons. The predicted molar refractivity (Wildman–Crippen MR) is 104 cm³/mol. The van der Waals surface area contributed by atoms with Crippen molar-refractivity contribution in [1.29, 1.82) is 0 Å². The van der Waals surface area contributed by atoms with Gasteiger partial charge >= 0.3 is 0 Å². The van der Waals surface area contributed by atoms with Crippen molar-refractivity contribution < 1.29 is 38.3 Å². The number of hydrogen-bond donors (Lipinski definition) is 2. The largest absolute Gasteiger partial charge is 0.504 e. The van der Waals surface area contributed by atoms with Gasteiger partial charge in [-0.3, -0.25) is 4.79 Å². The van der Waals surface area contributed by atoms with E-state index in [1.165, 1.54) is 35.5 Å². The third-order valence-corrected chi connectivity index (χ3v) is 4.42. The highest BCUT2D eigenvalue weighted by atomic mass is 16.5. The summed E-state index contributed by atoms with van der Waals surface area (Å²) in [6, 6.07) is 4.88. The number of benzene rings is 2. The summed E-state index contributed by atoms with van der Waals surface area (Å²) in [5.74, 6) is -0.807. The van der Waals surface area contributed by atoms with Gasteiger partial charge in [0.15, 0.2) is 28.6 Å². The second-order valence-corrected chi connectivity index (χ2v) is 5.83. The van der Waals surface area contributed by atoms with Gasteiger partial charge in [0.05, 0.1) is 35.5 Å². The van der Waals surface area contributed by atoms with Gasteiger partial charge in [-0.15, -0.1) is 0 Å². The Morgan fingerprint density at radius 2 is 1.38 bits per heavy atom. The standard InChI is InChI=1S/C20H20O9/c1-24-10-7-6-9(8-11(10)25-2)16-19(27-4)14(22)12-13(21)18(26-3)15(23)20(28-5)17(12)29-16/h6-8,21,23H,1-5H3. The molecular weight excluding hydrogens is 384 g/mol. The summed E-state index contributed by atoms with van der Waals surface area (Å²) in [6.07, 6.45) is 0. The molecule has 154 valence electrons. The van der Waals surface area contributed by atoms with Crippen molar-refractivity contribution >= 4 is 11.0 Å². The van der Waals surface area contributed by atoms with Gasteiger partial charge in [-0.2, -0.15) is 0 Å². The Morgan fingerprint density at radius 3 is 1.93 bits per heavy atom. The summed E-state index contributed by atoms with van der Waals surface area (Å²) in [4.78, 5) is 13.1. The number of rotatable bonds is 6. The molecule has 0 unspecified atom stereocenters. The molecule has 9 heteroatoms. The van der Waals surface area contributed by atoms with Crippen molar-refractivity contribution in [3.8, 4) is 51.6 Å². The molecule has 0 aliphatic rings. The van der Waals surface area contributed by atoms with Crippen LogP contribution in [0, 0.1) is 0 Å². The van der Waals surface area contributed by atoms with Crippen LogP contribution in [0.1, 0.15) is 0 Å². The molecule has 1 aromatic heterocycles. The van der Waals surface area contributed by atoms with Gasteiger partial charge in [0, 0.05) is 5.56 Å². The molecule has 0 aliphatic heterocycles. The highest BCUT2D eigenvalue weighted by molar-refractivity contribution is 5.96. The average molecular weight is 404 g/mol. The Balaban J connectivity index is 2.45. The Kier molecular flexibility index (Phi) is 5.31. The lowest BCUT2D eigenvalue weighted by Crippen LogP contribution is -2.09. The minimum atomic E-state index is -0.673. The van der Waals surface area contributed by atoms with E-state index in [1.54, 1.807) is 18.2 Å². The number of hydrogen-bond acceptors (Lipinski definition) is 9. The maximum absolute atomic E-state index is 13.1. The average Bonchev–Trinajstić information content (AvgIpc) is 2.73. The van der Waals surface area contributed by atoms with E-state index in [9.17, 15) is 15.0 Å². The van der Waals surface area contributed by atoms with Crippen molar-refractivity contribution in [1.82, 2.24) is 0 Å². The van der Waals surface area contributed by atoms with Crippen molar-refractivity contribution in [3.05, 3.63) is 28.4 Å². The fourth-order valence-electron chi connectivity index (χ4n) is 3.07. The number of phenolic OH excluding ortho intramolecular Hbond substituents is 2. The first-order valence-electron chi connectivity index (χ1n) is 8.36. The van der Waals surface area contributed by atoms with E-state index < -0.39 is 16.9 Å². The fraction of sp³-hybridized carbons (Fsp3) is 0.250. The van der Waals surface area contributed by atoms with E-state index in [4.69, 9.17) is 28.1 Å². The minimum absolute atomic E-state index is 0.0493. The number of fused-ring (bicyclic) bond motifs is 1. The first kappa shape index (κ1) is 20.0. The van der Waals surface area contributed by atoms with Crippen LogP contribution in [0.15, 0.2) is 27.4 Å². The minimum Gasteiger partial charge on any atom is -0.504 e. The Bertz CT molecular complexity index is 1130. The molecule has 0 spiro atoms. The molecule has 2 N–H and O–H groups in total. The highest BCUT2D eigenvalue weighted by Gasteiger charge is 2.28. The van der Waals surface area contributed by atoms with Crippen LogP contribution in [0.4, 0.5) is 0 Å². The zero-order valence-electron chi connectivity index (χ0n) is 16.5. The Labute approximate surface area is 165 Å². The highest BCUT2D eigenvalue weighted by Crippen LogP contribution is 2.50. The first-order valence-corrected chi connectivity index (χ1v) is 8.36. The molecular formula is C20H20O9. The van der Waals surface area contributed by atoms with Crippen LogP contribution in [0.5, 0.6) is 40.2 Å². The monoisotopic (exact) mass is 404 g/mol. The van der Waals surface area contributed by atoms with E-state index in [-0.39, 0.29) is 34.0 Å². The molecule has 3 rings (SSSR count). The normalized spacial score (nSPS) is 10.7. The molecule has 0 saturated carbocycles. The molecule has 0 atom stereocenters. The van der Waals surface area contributed by atoms with E-state index >= 15 is 0 Å². The van der Waals surface area contributed by atoms with E-state index in [0.717, 1.165) is 0 Å². The van der Waals surface area contributed by atoms with Crippen LogP contribution in [0.25, 0.3) is 22.3 Å². The lowest BCUT2D eigenvalue weighted by atomic mass is 10.1. The third-order valence-electron chi connectivity index (χ3n) is 4.42. The maximum Gasteiger partial charge on any atom is 0.239 e. The van der Waals surface area contributed by atoms with Gasteiger partial charge in [0.2, 0.25) is 28.4 Å². The maximum atomic E-state index is 13.1. The number of phenols is 2. The van der Waals surface area contributed by atoms with Crippen LogP contribution in [0.3, 0.4) is 0 Å². The summed E-state index contributed by atoms with van der Waals surface area (Å²) in [6.45, 7) is 0. The van der Waals surface area contributed by atoms with Crippen molar-refractivity contribution in [2.45, 2.75) is 0 Å². The molecule has 29 heavy (non-hydrogen) atoms. The summed E-state index contributed by atoms with van der Waals surface area (Å²) in [5.41, 5.74) is -0.401. The molecule has 0 fully saturated rings. The second-order valence-electron chi connectivity index (χ2n) is 5.83. The molecule has 0 bridgehead atoms. The van der Waals surface area contributed by atoms with Crippen molar-refractivity contribution in [3.63, 3.8) is 0 Å². The SMILES string of the molecule is COc1ccc(-c2oc3c(OC)c(O)c(OC)c(O)c3c(=O)c2OC)cc1OC. The van der Waals surface area contributed by atoms with Crippen LogP contribution in [-0.4, -0.2) is 45.8 Å². The number of ether oxygens (including phenoxy) is 5. The smallest absolute Gasteiger partial charge is 0.239 e. The first-order chi connectivity index (χ1) is 13.9. The molecule has 2 aromatic carbocycles. The molecule has 1 heterocycles. The number of aromatic hydroxyl groups is 2. The molecule has 9 nitrogen and oxygen atoms in total. The van der Waals surface area contributed by atoms with Crippen molar-refractivity contribution in [2.24, 2.45) is 0 Å². The van der Waals surface area contributed by atoms with E-state index in [0.29, 0.717) is 17.1 Å². The fourth-order valence-corrected chi connectivity index (χ4v) is 3.07. The predicted octanol–water partition coefficient (Wildman–Crippen LogP) is 2.91. The Morgan fingerprint density at radius 1 is 0.759 bits per heavy atom. The van der Waals surface area contributed by atoms with Crippen LogP contribution in [-0.2, 0) is 0 Å². The lowest BCUT2D eigenvalue weighted by Gasteiger charge is -2.16. The number of methoxy groups -OCH3 is 5. The zero-order chi connectivity index (χ0) is 21.3. The summed E-state index contributed by atoms with van der Waals surface area (Å²) >= 11 is 0. The van der Waals surface area contributed by atoms with Gasteiger partial charge < -0.3 is 38.3 Å². The summed E-state index contributed by atoms with van der Waals surface area (Å²) < 4.78 is 31.9. The van der Waals surface area contributed by atoms with Crippen LogP contribution >= 0.6 is 0 Å².